The zero-order valence-corrected chi connectivity index (χ0v) is 20.4. The molecule has 0 aliphatic rings. The molecule has 0 atom stereocenters. The van der Waals surface area contributed by atoms with E-state index in [4.69, 9.17) is 14.5 Å². The molecule has 0 N–H and O–H groups in total. The number of aryl methyl sites for hydroxylation is 1. The Balaban J connectivity index is 1.60. The molecule has 4 aromatic rings. The van der Waals surface area contributed by atoms with Crippen LogP contribution in [0.4, 0.5) is 5.13 Å². The molecule has 0 aliphatic heterocycles. The molecule has 2 heterocycles. The molecule has 6 nitrogen and oxygen atoms in total. The molecular formula is C25H25N3O3S2. The molecule has 0 saturated carbocycles. The molecule has 2 aromatic heterocycles. The Bertz CT molecular complexity index is 1190. The summed E-state index contributed by atoms with van der Waals surface area (Å²) >= 11 is 3.10. The van der Waals surface area contributed by atoms with E-state index in [9.17, 15) is 4.79 Å². The fraction of sp³-hybridized carbons (Fsp3) is 0.240. The molecule has 0 spiro atoms. The summed E-state index contributed by atoms with van der Waals surface area (Å²) in [6.45, 7) is 2.46. The van der Waals surface area contributed by atoms with Crippen LogP contribution in [0.25, 0.3) is 10.2 Å². The van der Waals surface area contributed by atoms with E-state index < -0.39 is 0 Å². The number of thiazole rings is 1. The number of amides is 1. The molecule has 0 fully saturated rings. The number of carbonyl (C=O) groups excluding carboxylic acids is 1. The van der Waals surface area contributed by atoms with Crippen LogP contribution in [0, 0.1) is 6.92 Å². The van der Waals surface area contributed by atoms with Crippen LogP contribution in [0.3, 0.4) is 0 Å². The fourth-order valence-electron chi connectivity index (χ4n) is 3.35. The van der Waals surface area contributed by atoms with Gasteiger partial charge in [0.2, 0.25) is 5.91 Å². The third kappa shape index (κ3) is 5.46. The number of carbonyl (C=O) groups is 1. The van der Waals surface area contributed by atoms with Crippen molar-refractivity contribution in [1.29, 1.82) is 0 Å². The van der Waals surface area contributed by atoms with Crippen molar-refractivity contribution in [1.82, 2.24) is 9.97 Å². The molecule has 0 unspecified atom stereocenters. The van der Waals surface area contributed by atoms with Gasteiger partial charge in [0.25, 0.3) is 0 Å². The maximum atomic E-state index is 13.4. The predicted octanol–water partition coefficient (Wildman–Crippen LogP) is 5.73. The third-order valence-electron chi connectivity index (χ3n) is 5.10. The lowest BCUT2D eigenvalue weighted by Crippen LogP contribution is -2.30. The second-order valence-corrected chi connectivity index (χ2v) is 9.54. The minimum absolute atomic E-state index is 0.00968. The summed E-state index contributed by atoms with van der Waals surface area (Å²) in [6.07, 6.45) is 3.89. The zero-order valence-electron chi connectivity index (χ0n) is 18.8. The highest BCUT2D eigenvalue weighted by Crippen LogP contribution is 2.40. The molecule has 170 valence electrons. The Morgan fingerprint density at radius 3 is 2.52 bits per heavy atom. The minimum atomic E-state index is 0.00968. The molecule has 2 aromatic carbocycles. The SMILES string of the molecule is COc1ccc(OC)c2sc(N(Cc3cccnc3)C(=O)CCSc3ccc(C)cc3)nc12. The number of benzene rings is 2. The maximum Gasteiger partial charge on any atom is 0.229 e. The predicted molar refractivity (Wildman–Crippen MR) is 135 cm³/mol. The normalized spacial score (nSPS) is 10.9. The quantitative estimate of drug-likeness (QED) is 0.286. The molecule has 0 radical (unpaired) electrons. The monoisotopic (exact) mass is 479 g/mol. The van der Waals surface area contributed by atoms with Crippen molar-refractivity contribution in [3.63, 3.8) is 0 Å². The van der Waals surface area contributed by atoms with Crippen molar-refractivity contribution in [2.24, 2.45) is 0 Å². The van der Waals surface area contributed by atoms with E-state index in [0.717, 1.165) is 15.2 Å². The summed E-state index contributed by atoms with van der Waals surface area (Å²) in [5.74, 6) is 2.05. The first-order valence-corrected chi connectivity index (χ1v) is 12.3. The zero-order chi connectivity index (χ0) is 23.2. The number of hydrogen-bond donors (Lipinski definition) is 0. The van der Waals surface area contributed by atoms with Gasteiger partial charge in [0, 0.05) is 29.5 Å². The van der Waals surface area contributed by atoms with Crippen molar-refractivity contribution in [3.8, 4) is 11.5 Å². The summed E-state index contributed by atoms with van der Waals surface area (Å²) in [5, 5.41) is 0.613. The van der Waals surface area contributed by atoms with Crippen LogP contribution in [0.2, 0.25) is 0 Å². The van der Waals surface area contributed by atoms with Gasteiger partial charge in [0.1, 0.15) is 21.7 Å². The van der Waals surface area contributed by atoms with Gasteiger partial charge in [-0.25, -0.2) is 4.98 Å². The molecule has 4 rings (SSSR count). The van der Waals surface area contributed by atoms with Crippen LogP contribution in [-0.4, -0.2) is 35.8 Å². The van der Waals surface area contributed by atoms with Gasteiger partial charge in [0.15, 0.2) is 5.13 Å². The lowest BCUT2D eigenvalue weighted by atomic mass is 10.2. The average Bonchev–Trinajstić information content (AvgIpc) is 3.29. The number of methoxy groups -OCH3 is 2. The Kier molecular flexibility index (Phi) is 7.47. The first-order chi connectivity index (χ1) is 16.1. The van der Waals surface area contributed by atoms with Crippen molar-refractivity contribution in [3.05, 3.63) is 72.1 Å². The molecule has 0 bridgehead atoms. The fourth-order valence-corrected chi connectivity index (χ4v) is 5.28. The minimum Gasteiger partial charge on any atom is -0.495 e. The number of aromatic nitrogens is 2. The van der Waals surface area contributed by atoms with Gasteiger partial charge in [-0.15, -0.1) is 11.8 Å². The molecule has 0 aliphatic carbocycles. The number of hydrogen-bond acceptors (Lipinski definition) is 7. The highest BCUT2D eigenvalue weighted by Gasteiger charge is 2.23. The van der Waals surface area contributed by atoms with Gasteiger partial charge in [-0.1, -0.05) is 35.1 Å². The summed E-state index contributed by atoms with van der Waals surface area (Å²) in [4.78, 5) is 25.2. The number of rotatable bonds is 9. The van der Waals surface area contributed by atoms with Gasteiger partial charge in [-0.05, 0) is 42.8 Å². The van der Waals surface area contributed by atoms with E-state index in [2.05, 4.69) is 36.2 Å². The Labute approximate surface area is 201 Å². The van der Waals surface area contributed by atoms with E-state index >= 15 is 0 Å². The van der Waals surface area contributed by atoms with Crippen LogP contribution in [0.5, 0.6) is 11.5 Å². The number of anilines is 1. The third-order valence-corrected chi connectivity index (χ3v) is 7.21. The van der Waals surface area contributed by atoms with Crippen molar-refractivity contribution >= 4 is 44.4 Å². The van der Waals surface area contributed by atoms with Gasteiger partial charge >= 0.3 is 0 Å². The van der Waals surface area contributed by atoms with E-state index in [-0.39, 0.29) is 5.91 Å². The van der Waals surface area contributed by atoms with E-state index in [1.807, 2.05) is 24.3 Å². The molecule has 0 saturated heterocycles. The van der Waals surface area contributed by atoms with Crippen LogP contribution in [0.1, 0.15) is 17.5 Å². The molecule has 1 amide bonds. The average molecular weight is 480 g/mol. The Morgan fingerprint density at radius 1 is 1.06 bits per heavy atom. The van der Waals surface area contributed by atoms with Crippen LogP contribution >= 0.6 is 23.1 Å². The van der Waals surface area contributed by atoms with Crippen LogP contribution < -0.4 is 14.4 Å². The van der Waals surface area contributed by atoms with Crippen molar-refractivity contribution in [2.75, 3.05) is 24.9 Å². The second kappa shape index (κ2) is 10.7. The number of fused-ring (bicyclic) bond motifs is 1. The smallest absolute Gasteiger partial charge is 0.229 e. The highest BCUT2D eigenvalue weighted by molar-refractivity contribution is 7.99. The largest absolute Gasteiger partial charge is 0.495 e. The van der Waals surface area contributed by atoms with E-state index in [1.165, 1.54) is 16.9 Å². The van der Waals surface area contributed by atoms with Gasteiger partial charge in [-0.2, -0.15) is 0 Å². The molecule has 8 heteroatoms. The van der Waals surface area contributed by atoms with Crippen LogP contribution in [-0.2, 0) is 11.3 Å². The Morgan fingerprint density at radius 2 is 1.82 bits per heavy atom. The summed E-state index contributed by atoms with van der Waals surface area (Å²) < 4.78 is 11.9. The first kappa shape index (κ1) is 23.1. The summed E-state index contributed by atoms with van der Waals surface area (Å²) in [6, 6.07) is 15.9. The van der Waals surface area contributed by atoms with Gasteiger partial charge in [-0.3, -0.25) is 14.7 Å². The van der Waals surface area contributed by atoms with Gasteiger partial charge in [0.05, 0.1) is 20.8 Å². The highest BCUT2D eigenvalue weighted by atomic mass is 32.2. The topological polar surface area (TPSA) is 64.6 Å². The van der Waals surface area contributed by atoms with E-state index in [0.29, 0.717) is 40.9 Å². The van der Waals surface area contributed by atoms with Gasteiger partial charge < -0.3 is 9.47 Å². The number of thioether (sulfide) groups is 1. The van der Waals surface area contributed by atoms with Crippen LogP contribution in [0.15, 0.2) is 65.8 Å². The number of nitrogens with zero attached hydrogens (tertiary/aromatic N) is 3. The second-order valence-electron chi connectivity index (χ2n) is 7.40. The van der Waals surface area contributed by atoms with Crippen molar-refractivity contribution < 1.29 is 14.3 Å². The Hall–Kier alpha value is -3.10. The first-order valence-electron chi connectivity index (χ1n) is 10.5. The number of pyridine rings is 1. The van der Waals surface area contributed by atoms with E-state index in [1.54, 1.807) is 43.3 Å². The molecular weight excluding hydrogens is 454 g/mol. The lowest BCUT2D eigenvalue weighted by Gasteiger charge is -2.20. The number of ether oxygens (including phenoxy) is 2. The molecule has 33 heavy (non-hydrogen) atoms. The summed E-state index contributed by atoms with van der Waals surface area (Å²) in [7, 11) is 3.24. The standard InChI is InChI=1S/C25H25N3O3S2/c1-17-6-8-19(9-7-17)32-14-12-22(29)28(16-18-5-4-13-26-15-18)25-27-23-20(30-2)10-11-21(31-3)24(23)33-25/h4-11,13,15H,12,14,16H2,1-3H3. The summed E-state index contributed by atoms with van der Waals surface area (Å²) in [5.41, 5.74) is 2.85. The lowest BCUT2D eigenvalue weighted by molar-refractivity contribution is -0.118. The van der Waals surface area contributed by atoms with Crippen molar-refractivity contribution in [2.45, 2.75) is 24.8 Å². The maximum absolute atomic E-state index is 13.4.